The Bertz CT molecular complexity index is 1980. The fraction of sp³-hybridized carbons (Fsp3) is 0.105. The molecule has 0 bridgehead atoms. The lowest BCUT2D eigenvalue weighted by molar-refractivity contribution is -0.115. The highest BCUT2D eigenvalue weighted by atomic mass is 35.5. The van der Waals surface area contributed by atoms with Gasteiger partial charge in [-0.2, -0.15) is 0 Å². The van der Waals surface area contributed by atoms with Crippen molar-refractivity contribution in [2.24, 2.45) is 0 Å². The Morgan fingerprint density at radius 1 is 0.878 bits per heavy atom. The van der Waals surface area contributed by atoms with Crippen molar-refractivity contribution in [2.75, 3.05) is 17.2 Å². The molecule has 0 radical (unpaired) electrons. The van der Waals surface area contributed by atoms with Crippen LogP contribution in [0, 0.1) is 0 Å². The predicted octanol–water partition coefficient (Wildman–Crippen LogP) is 8.77. The minimum absolute atomic E-state index is 0.0326. The third kappa shape index (κ3) is 9.48. The number of amides is 3. The van der Waals surface area contributed by atoms with E-state index in [1.54, 1.807) is 92.7 Å². The molecule has 3 amide bonds. The molecule has 248 valence electrons. The summed E-state index contributed by atoms with van der Waals surface area (Å²) in [5.74, 6) is -1.78. The second-order valence-electron chi connectivity index (χ2n) is 10.6. The van der Waals surface area contributed by atoms with E-state index in [0.29, 0.717) is 38.0 Å². The summed E-state index contributed by atoms with van der Waals surface area (Å²) < 4.78 is 5.31. The summed E-state index contributed by atoms with van der Waals surface area (Å²) in [6.07, 6.45) is 1.57. The summed E-state index contributed by atoms with van der Waals surface area (Å²) in [5.41, 5.74) is 3.41. The van der Waals surface area contributed by atoms with Gasteiger partial charge in [0.2, 0.25) is 5.91 Å². The number of ether oxygens (including phenoxy) is 1. The van der Waals surface area contributed by atoms with E-state index >= 15 is 0 Å². The van der Waals surface area contributed by atoms with E-state index in [1.165, 1.54) is 23.1 Å². The Morgan fingerprint density at radius 3 is 2.27 bits per heavy atom. The molecule has 0 saturated carbocycles. The van der Waals surface area contributed by atoms with Gasteiger partial charge in [-0.3, -0.25) is 14.4 Å². The molecule has 49 heavy (non-hydrogen) atoms. The van der Waals surface area contributed by atoms with Crippen LogP contribution in [0.3, 0.4) is 0 Å². The number of anilines is 2. The second-order valence-corrected chi connectivity index (χ2v) is 13.3. The van der Waals surface area contributed by atoms with E-state index in [9.17, 15) is 19.2 Å². The van der Waals surface area contributed by atoms with Gasteiger partial charge < -0.3 is 20.7 Å². The van der Waals surface area contributed by atoms with E-state index in [2.05, 4.69) is 16.0 Å². The van der Waals surface area contributed by atoms with E-state index in [-0.39, 0.29) is 18.2 Å². The average molecular weight is 710 g/mol. The molecule has 3 N–H and O–H groups in total. The molecule has 0 aliphatic carbocycles. The third-order valence-corrected chi connectivity index (χ3v) is 9.32. The lowest BCUT2D eigenvalue weighted by atomic mass is 10.0. The first-order valence-electron chi connectivity index (χ1n) is 15.3. The average Bonchev–Trinajstić information content (AvgIpc) is 3.53. The molecule has 0 fully saturated rings. The molecule has 11 heteroatoms. The fourth-order valence-corrected chi connectivity index (χ4v) is 6.68. The lowest BCUT2D eigenvalue weighted by Gasteiger charge is -2.14. The van der Waals surface area contributed by atoms with Crippen LogP contribution in [0.4, 0.5) is 10.7 Å². The quantitative estimate of drug-likeness (QED) is 0.0678. The largest absolute Gasteiger partial charge is 0.462 e. The summed E-state index contributed by atoms with van der Waals surface area (Å²) >= 11 is 8.58. The standard InChI is InChI=1S/C38H32ClN3O5S2/c1-3-47-38(46)33-31(26-11-6-4-7-12-26)23-48-37(33)42-34(43)24(2)49-30-16-10-15-29(22-30)40-36(45)32(21-25-17-19-28(39)20-18-25)41-35(44)27-13-8-5-9-14-27/h4-24H,3H2,1-2H3,(H,40,45)(H,41,44)(H,42,43)/b32-21+. The summed E-state index contributed by atoms with van der Waals surface area (Å²) in [6, 6.07) is 32.0. The molecule has 0 aliphatic rings. The van der Waals surface area contributed by atoms with E-state index < -0.39 is 23.0 Å². The van der Waals surface area contributed by atoms with E-state index in [1.807, 2.05) is 41.8 Å². The number of thioether (sulfide) groups is 1. The SMILES string of the molecule is CCOC(=O)c1c(-c2ccccc2)csc1NC(=O)C(C)Sc1cccc(NC(=O)/C(=C\c2ccc(Cl)cc2)NC(=O)c2ccccc2)c1. The number of nitrogens with one attached hydrogen (secondary N) is 3. The molecule has 4 aromatic carbocycles. The van der Waals surface area contributed by atoms with Crippen molar-refractivity contribution in [3.05, 3.63) is 142 Å². The highest BCUT2D eigenvalue weighted by Gasteiger charge is 2.25. The Labute approximate surface area is 297 Å². The number of rotatable bonds is 12. The zero-order valence-corrected chi connectivity index (χ0v) is 29.0. The maximum Gasteiger partial charge on any atom is 0.341 e. The van der Waals surface area contributed by atoms with Crippen molar-refractivity contribution in [1.82, 2.24) is 5.32 Å². The van der Waals surface area contributed by atoms with Gasteiger partial charge in [0.1, 0.15) is 16.3 Å². The summed E-state index contributed by atoms with van der Waals surface area (Å²) in [6.45, 7) is 3.69. The topological polar surface area (TPSA) is 114 Å². The maximum atomic E-state index is 13.5. The molecule has 1 aromatic heterocycles. The summed E-state index contributed by atoms with van der Waals surface area (Å²) in [7, 11) is 0. The third-order valence-electron chi connectivity index (χ3n) is 7.08. The van der Waals surface area contributed by atoms with Gasteiger partial charge in [-0.15, -0.1) is 23.1 Å². The molecule has 0 saturated heterocycles. The predicted molar refractivity (Wildman–Crippen MR) is 198 cm³/mol. The highest BCUT2D eigenvalue weighted by Crippen LogP contribution is 2.37. The molecule has 5 rings (SSSR count). The minimum Gasteiger partial charge on any atom is -0.462 e. The Hall–Kier alpha value is -5.16. The van der Waals surface area contributed by atoms with E-state index in [4.69, 9.17) is 16.3 Å². The number of esters is 1. The van der Waals surface area contributed by atoms with Crippen LogP contribution in [-0.4, -0.2) is 35.5 Å². The van der Waals surface area contributed by atoms with Gasteiger partial charge in [0.05, 0.1) is 11.9 Å². The summed E-state index contributed by atoms with van der Waals surface area (Å²) in [5, 5.41) is 10.7. The zero-order valence-electron chi connectivity index (χ0n) is 26.6. The number of benzene rings is 4. The van der Waals surface area contributed by atoms with Crippen molar-refractivity contribution in [3.8, 4) is 11.1 Å². The Balaban J connectivity index is 1.30. The first kappa shape index (κ1) is 35.2. The lowest BCUT2D eigenvalue weighted by Crippen LogP contribution is -2.30. The van der Waals surface area contributed by atoms with E-state index in [0.717, 1.165) is 10.5 Å². The van der Waals surface area contributed by atoms with Crippen LogP contribution in [-0.2, 0) is 14.3 Å². The van der Waals surface area contributed by atoms with Gasteiger partial charge >= 0.3 is 5.97 Å². The molecule has 1 atom stereocenters. The number of thiophene rings is 1. The van der Waals surface area contributed by atoms with Crippen molar-refractivity contribution >= 4 is 75.2 Å². The summed E-state index contributed by atoms with van der Waals surface area (Å²) in [4.78, 5) is 53.5. The molecule has 8 nitrogen and oxygen atoms in total. The minimum atomic E-state index is -0.561. The Morgan fingerprint density at radius 2 is 1.57 bits per heavy atom. The van der Waals surface area contributed by atoms with Crippen LogP contribution in [0.15, 0.2) is 125 Å². The van der Waals surface area contributed by atoms with Crippen molar-refractivity contribution in [3.63, 3.8) is 0 Å². The number of hydrogen-bond donors (Lipinski definition) is 3. The maximum absolute atomic E-state index is 13.5. The number of carbonyl (C=O) groups excluding carboxylic acids is 4. The van der Waals surface area contributed by atoms with Gasteiger partial charge in [0, 0.05) is 32.1 Å². The van der Waals surface area contributed by atoms with Crippen molar-refractivity contribution < 1.29 is 23.9 Å². The van der Waals surface area contributed by atoms with Crippen LogP contribution >= 0.6 is 34.7 Å². The molecular formula is C38H32ClN3O5S2. The molecule has 0 spiro atoms. The van der Waals surface area contributed by atoms with Gasteiger partial charge in [-0.1, -0.05) is 78.3 Å². The fourth-order valence-electron chi connectivity index (χ4n) is 4.67. The second kappa shape index (κ2) is 16.8. The van der Waals surface area contributed by atoms with Gasteiger partial charge in [-0.05, 0) is 73.5 Å². The van der Waals surface area contributed by atoms with Gasteiger partial charge in [0.25, 0.3) is 11.8 Å². The Kier molecular flexibility index (Phi) is 12.0. The molecular weight excluding hydrogens is 678 g/mol. The molecule has 1 heterocycles. The van der Waals surface area contributed by atoms with Crippen LogP contribution in [0.25, 0.3) is 17.2 Å². The van der Waals surface area contributed by atoms with Crippen LogP contribution in [0.1, 0.15) is 40.1 Å². The molecule has 5 aromatic rings. The normalized spacial score (nSPS) is 11.7. The molecule has 0 aliphatic heterocycles. The van der Waals surface area contributed by atoms with Crippen LogP contribution in [0.2, 0.25) is 5.02 Å². The first-order valence-corrected chi connectivity index (χ1v) is 17.4. The number of halogens is 1. The van der Waals surface area contributed by atoms with Crippen molar-refractivity contribution in [2.45, 2.75) is 24.0 Å². The monoisotopic (exact) mass is 709 g/mol. The number of carbonyl (C=O) groups is 4. The van der Waals surface area contributed by atoms with Crippen molar-refractivity contribution in [1.29, 1.82) is 0 Å². The first-order chi connectivity index (χ1) is 23.7. The smallest absolute Gasteiger partial charge is 0.341 e. The zero-order chi connectivity index (χ0) is 34.8. The van der Waals surface area contributed by atoms with Crippen LogP contribution < -0.4 is 16.0 Å². The van der Waals surface area contributed by atoms with Crippen LogP contribution in [0.5, 0.6) is 0 Å². The highest BCUT2D eigenvalue weighted by molar-refractivity contribution is 8.00. The van der Waals surface area contributed by atoms with Gasteiger partial charge in [-0.25, -0.2) is 4.79 Å². The molecule has 1 unspecified atom stereocenters. The van der Waals surface area contributed by atoms with Gasteiger partial charge in [0.15, 0.2) is 0 Å². The number of hydrogen-bond acceptors (Lipinski definition) is 7.